The van der Waals surface area contributed by atoms with Crippen molar-refractivity contribution in [3.63, 3.8) is 0 Å². The van der Waals surface area contributed by atoms with Crippen molar-refractivity contribution in [2.75, 3.05) is 18.9 Å². The summed E-state index contributed by atoms with van der Waals surface area (Å²) in [5, 5.41) is 2.70. The molecule has 3 aliphatic rings. The summed E-state index contributed by atoms with van der Waals surface area (Å²) in [6.45, 7) is 0.977. The number of benzene rings is 2. The number of nitrogens with one attached hydrogen (secondary N) is 1. The average Bonchev–Trinajstić information content (AvgIpc) is 2.79. The number of likely N-dealkylation sites (N-methyl/N-ethyl adjacent to an activating group) is 1. The number of rotatable bonds is 3. The van der Waals surface area contributed by atoms with Crippen molar-refractivity contribution in [2.24, 2.45) is 5.92 Å². The molecule has 1 N–H and O–H groups in total. The first kappa shape index (κ1) is 22.2. The highest BCUT2D eigenvalue weighted by molar-refractivity contribution is 6.08. The van der Waals surface area contributed by atoms with Gasteiger partial charge in [0.25, 0.3) is 5.91 Å². The molecule has 5 rings (SSSR count). The van der Waals surface area contributed by atoms with Crippen LogP contribution in [0.4, 0.5) is 18.9 Å². The number of carbonyl (C=O) groups is 1. The van der Waals surface area contributed by atoms with Crippen LogP contribution >= 0.6 is 0 Å². The maximum Gasteiger partial charge on any atom is 0.421 e. The molecule has 0 aromatic heterocycles. The standard InChI is InChI=1S/C27H29F3N2O/c1-32-15-14-26-13-6-5-11-20(26)23(32)17-19-10-7-12-22(24(19)26)31-25(33)21(27(28,29)30)16-18-8-3-2-4-9-18/h2-4,7-10,12,16,20,23H,5-6,11,13-15,17H2,1H3,(H,31,33)/t20-,23+,26+/m0/s1. The van der Waals surface area contributed by atoms with Crippen molar-refractivity contribution < 1.29 is 18.0 Å². The van der Waals surface area contributed by atoms with Crippen LogP contribution in [0.3, 0.4) is 0 Å². The van der Waals surface area contributed by atoms with Gasteiger partial charge in [0.05, 0.1) is 0 Å². The molecule has 0 radical (unpaired) electrons. The Kier molecular flexibility index (Phi) is 5.60. The van der Waals surface area contributed by atoms with Crippen molar-refractivity contribution in [3.8, 4) is 0 Å². The molecule has 1 saturated heterocycles. The van der Waals surface area contributed by atoms with Crippen LogP contribution in [-0.4, -0.2) is 36.6 Å². The van der Waals surface area contributed by atoms with Crippen LogP contribution in [0.15, 0.2) is 54.1 Å². The van der Waals surface area contributed by atoms with Crippen LogP contribution in [0.1, 0.15) is 48.8 Å². The molecule has 2 aromatic carbocycles. The molecule has 6 heteroatoms. The second-order valence-corrected chi connectivity index (χ2v) is 9.77. The van der Waals surface area contributed by atoms with Gasteiger partial charge in [0.15, 0.2) is 0 Å². The van der Waals surface area contributed by atoms with E-state index in [1.807, 2.05) is 6.07 Å². The summed E-state index contributed by atoms with van der Waals surface area (Å²) in [7, 11) is 2.18. The predicted octanol–water partition coefficient (Wildman–Crippen LogP) is 5.96. The van der Waals surface area contributed by atoms with Crippen molar-refractivity contribution in [1.82, 2.24) is 4.90 Å². The van der Waals surface area contributed by atoms with E-state index in [9.17, 15) is 18.0 Å². The quantitative estimate of drug-likeness (QED) is 0.581. The number of halogens is 3. The number of likely N-dealkylation sites (tertiary alicyclic amines) is 1. The van der Waals surface area contributed by atoms with Crippen molar-refractivity contribution >= 4 is 17.7 Å². The monoisotopic (exact) mass is 454 g/mol. The van der Waals surface area contributed by atoms with E-state index in [-0.39, 0.29) is 5.41 Å². The van der Waals surface area contributed by atoms with E-state index in [1.54, 1.807) is 36.4 Å². The molecular weight excluding hydrogens is 425 g/mol. The van der Waals surface area contributed by atoms with E-state index in [0.29, 0.717) is 23.2 Å². The third-order valence-electron chi connectivity index (χ3n) is 8.03. The smallest absolute Gasteiger partial charge is 0.322 e. The lowest BCUT2D eigenvalue weighted by Gasteiger charge is -2.58. The van der Waals surface area contributed by atoms with E-state index < -0.39 is 17.7 Å². The maximum atomic E-state index is 13.9. The first-order chi connectivity index (χ1) is 15.8. The van der Waals surface area contributed by atoms with E-state index in [1.165, 1.54) is 12.0 Å². The fraction of sp³-hybridized carbons (Fsp3) is 0.444. The molecule has 3 atom stereocenters. The minimum absolute atomic E-state index is 0.0611. The van der Waals surface area contributed by atoms with Gasteiger partial charge < -0.3 is 10.2 Å². The summed E-state index contributed by atoms with van der Waals surface area (Å²) < 4.78 is 41.6. The molecule has 33 heavy (non-hydrogen) atoms. The number of anilines is 1. The number of carbonyl (C=O) groups excluding carboxylic acids is 1. The molecule has 0 unspecified atom stereocenters. The lowest BCUT2D eigenvalue weighted by atomic mass is 9.52. The van der Waals surface area contributed by atoms with Gasteiger partial charge in [0, 0.05) is 17.1 Å². The van der Waals surface area contributed by atoms with Crippen LogP contribution in [0.5, 0.6) is 0 Å². The van der Waals surface area contributed by atoms with Gasteiger partial charge >= 0.3 is 6.18 Å². The maximum absolute atomic E-state index is 13.9. The van der Waals surface area contributed by atoms with E-state index in [4.69, 9.17) is 0 Å². The highest BCUT2D eigenvalue weighted by atomic mass is 19.4. The Morgan fingerprint density at radius 1 is 1.09 bits per heavy atom. The summed E-state index contributed by atoms with van der Waals surface area (Å²) in [5.74, 6) is -0.615. The number of hydrogen-bond acceptors (Lipinski definition) is 2. The molecular formula is C27H29F3N2O. The number of piperidine rings is 1. The largest absolute Gasteiger partial charge is 0.421 e. The molecule has 1 amide bonds. The normalized spacial score (nSPS) is 27.5. The van der Waals surface area contributed by atoms with Gasteiger partial charge in [-0.05, 0) is 74.0 Å². The van der Waals surface area contributed by atoms with Gasteiger partial charge in [0.1, 0.15) is 5.57 Å². The summed E-state index contributed by atoms with van der Waals surface area (Å²) >= 11 is 0. The van der Waals surface area contributed by atoms with Crippen LogP contribution in [0, 0.1) is 5.92 Å². The number of fused-ring (bicyclic) bond motifs is 1. The molecule has 1 saturated carbocycles. The molecule has 174 valence electrons. The van der Waals surface area contributed by atoms with E-state index >= 15 is 0 Å². The minimum Gasteiger partial charge on any atom is -0.322 e. The summed E-state index contributed by atoms with van der Waals surface area (Å²) in [6, 6.07) is 14.4. The molecule has 2 aromatic rings. The topological polar surface area (TPSA) is 32.3 Å². The number of amides is 1. The van der Waals surface area contributed by atoms with Gasteiger partial charge in [-0.25, -0.2) is 0 Å². The predicted molar refractivity (Wildman–Crippen MR) is 124 cm³/mol. The zero-order valence-corrected chi connectivity index (χ0v) is 18.8. The van der Waals surface area contributed by atoms with Crippen molar-refractivity contribution in [3.05, 3.63) is 70.8 Å². The molecule has 1 heterocycles. The Morgan fingerprint density at radius 3 is 2.64 bits per heavy atom. The Hall–Kier alpha value is -2.60. The van der Waals surface area contributed by atoms with Crippen LogP contribution < -0.4 is 5.32 Å². The lowest BCUT2D eigenvalue weighted by molar-refractivity contribution is -0.126. The molecule has 1 aliphatic heterocycles. The second-order valence-electron chi connectivity index (χ2n) is 9.77. The third kappa shape index (κ3) is 3.88. The lowest BCUT2D eigenvalue weighted by Crippen LogP contribution is -2.60. The third-order valence-corrected chi connectivity index (χ3v) is 8.03. The van der Waals surface area contributed by atoms with Gasteiger partial charge in [-0.3, -0.25) is 4.79 Å². The Bertz CT molecular complexity index is 1080. The first-order valence-electron chi connectivity index (χ1n) is 11.8. The van der Waals surface area contributed by atoms with Crippen LogP contribution in [0.2, 0.25) is 0 Å². The molecule has 2 fully saturated rings. The Morgan fingerprint density at radius 2 is 1.88 bits per heavy atom. The van der Waals surface area contributed by atoms with Crippen molar-refractivity contribution in [2.45, 2.75) is 56.2 Å². The number of nitrogens with zero attached hydrogens (tertiary/aromatic N) is 1. The average molecular weight is 455 g/mol. The minimum atomic E-state index is -4.75. The molecule has 2 bridgehead atoms. The van der Waals surface area contributed by atoms with Crippen molar-refractivity contribution in [1.29, 1.82) is 0 Å². The van der Waals surface area contributed by atoms with E-state index in [0.717, 1.165) is 50.3 Å². The SMILES string of the molecule is CN1CC[C@]23CCCC[C@H]2[C@H]1Cc1cccc(NC(=O)C(=Cc2ccccc2)C(F)(F)F)c13. The summed E-state index contributed by atoms with van der Waals surface area (Å²) in [4.78, 5) is 15.5. The summed E-state index contributed by atoms with van der Waals surface area (Å²) in [5.41, 5.74) is 1.92. The molecule has 2 aliphatic carbocycles. The van der Waals surface area contributed by atoms with Crippen LogP contribution in [-0.2, 0) is 16.6 Å². The fourth-order valence-electron chi connectivity index (χ4n) is 6.59. The highest BCUT2D eigenvalue weighted by Crippen LogP contribution is 2.57. The highest BCUT2D eigenvalue weighted by Gasteiger charge is 2.54. The first-order valence-corrected chi connectivity index (χ1v) is 11.8. The second kappa shape index (κ2) is 8.32. The van der Waals surface area contributed by atoms with Gasteiger partial charge in [-0.1, -0.05) is 55.3 Å². The number of hydrogen-bond donors (Lipinski definition) is 1. The zero-order valence-electron chi connectivity index (χ0n) is 18.8. The molecule has 3 nitrogen and oxygen atoms in total. The Labute approximate surface area is 192 Å². The fourth-order valence-corrected chi connectivity index (χ4v) is 6.59. The Balaban J connectivity index is 1.55. The van der Waals surface area contributed by atoms with Gasteiger partial charge in [-0.2, -0.15) is 13.2 Å². The van der Waals surface area contributed by atoms with Gasteiger partial charge in [0.2, 0.25) is 0 Å². The van der Waals surface area contributed by atoms with Gasteiger partial charge in [-0.15, -0.1) is 0 Å². The van der Waals surface area contributed by atoms with E-state index in [2.05, 4.69) is 23.3 Å². The zero-order chi connectivity index (χ0) is 23.2. The summed E-state index contributed by atoms with van der Waals surface area (Å²) in [6.07, 6.45) is 2.53. The molecule has 0 spiro atoms. The number of alkyl halides is 3. The van der Waals surface area contributed by atoms with Crippen LogP contribution in [0.25, 0.3) is 6.08 Å².